The average Bonchev–Trinajstić information content (AvgIpc) is 3.02. The van der Waals surface area contributed by atoms with Crippen LogP contribution in [0.25, 0.3) is 0 Å². The summed E-state index contributed by atoms with van der Waals surface area (Å²) in [4.78, 5) is 37.7. The molecule has 1 amide bonds. The number of benzene rings is 1. The van der Waals surface area contributed by atoms with Crippen LogP contribution in [0.3, 0.4) is 0 Å². The monoisotopic (exact) mass is 355 g/mol. The highest BCUT2D eigenvalue weighted by molar-refractivity contribution is 6.06. The maximum absolute atomic E-state index is 12.2. The van der Waals surface area contributed by atoms with Crippen LogP contribution in [-0.4, -0.2) is 36.5 Å². The Bertz CT molecular complexity index is 764. The van der Waals surface area contributed by atoms with Gasteiger partial charge in [-0.25, -0.2) is 0 Å². The topological polar surface area (TPSA) is 111 Å². The van der Waals surface area contributed by atoms with Crippen LogP contribution >= 0.6 is 0 Å². The zero-order chi connectivity index (χ0) is 19.3. The largest absolute Gasteiger partial charge is 0.457 e. The molecule has 1 fully saturated rings. The van der Waals surface area contributed by atoms with E-state index in [0.717, 1.165) is 17.7 Å². The number of Topliss-reactive ketones (excluding diaryl/α,β-unsaturated/α-hetero) is 1. The van der Waals surface area contributed by atoms with Gasteiger partial charge in [-0.3, -0.25) is 14.4 Å². The Balaban J connectivity index is 1.95. The quantitative estimate of drug-likeness (QED) is 0.593. The van der Waals surface area contributed by atoms with E-state index in [1.165, 1.54) is 11.8 Å². The van der Waals surface area contributed by atoms with Crippen LogP contribution in [0.5, 0.6) is 0 Å². The predicted octanol–water partition coefficient (Wildman–Crippen LogP) is 1.89. The highest BCUT2D eigenvalue weighted by Crippen LogP contribution is 2.26. The van der Waals surface area contributed by atoms with E-state index in [-0.39, 0.29) is 24.6 Å². The minimum Gasteiger partial charge on any atom is -0.457 e. The van der Waals surface area contributed by atoms with Gasteiger partial charge in [0.05, 0.1) is 12.0 Å². The number of nitrogens with one attached hydrogen (secondary N) is 1. The van der Waals surface area contributed by atoms with Gasteiger partial charge in [-0.1, -0.05) is 19.1 Å². The van der Waals surface area contributed by atoms with Crippen LogP contribution in [0.1, 0.15) is 25.8 Å². The molecule has 0 unspecified atom stereocenters. The molecule has 1 N–H and O–H groups in total. The van der Waals surface area contributed by atoms with Crippen LogP contribution in [0.4, 0.5) is 5.69 Å². The number of esters is 1. The van der Waals surface area contributed by atoms with E-state index >= 15 is 0 Å². The number of anilines is 1. The summed E-state index contributed by atoms with van der Waals surface area (Å²) in [5.74, 6) is -3.31. The lowest BCUT2D eigenvalue weighted by Crippen LogP contribution is -2.29. The number of carbonyl (C=O) groups is 3. The smallest absolute Gasteiger partial charge is 0.311 e. The van der Waals surface area contributed by atoms with E-state index < -0.39 is 30.2 Å². The van der Waals surface area contributed by atoms with E-state index in [2.05, 4.69) is 0 Å². The van der Waals surface area contributed by atoms with Gasteiger partial charge in [-0.2, -0.15) is 5.26 Å². The Morgan fingerprint density at radius 2 is 2.04 bits per heavy atom. The molecule has 136 valence electrons. The molecule has 0 aromatic heterocycles. The van der Waals surface area contributed by atoms with Crippen molar-refractivity contribution in [2.45, 2.75) is 26.7 Å². The third kappa shape index (κ3) is 4.33. The first-order chi connectivity index (χ1) is 12.4. The summed E-state index contributed by atoms with van der Waals surface area (Å²) < 4.78 is 4.97. The molecular formula is C19H21N3O4. The molecular weight excluding hydrogens is 334 g/mol. The van der Waals surface area contributed by atoms with E-state index in [1.54, 1.807) is 6.07 Å². The Hall–Kier alpha value is -3.01. The lowest BCUT2D eigenvalue weighted by molar-refractivity contribution is -0.152. The highest BCUT2D eigenvalue weighted by Gasteiger charge is 2.36. The molecule has 2 atom stereocenters. The second kappa shape index (κ2) is 8.39. The second-order valence-corrected chi connectivity index (χ2v) is 6.24. The second-order valence-electron chi connectivity index (χ2n) is 6.24. The molecule has 1 aromatic rings. The summed E-state index contributed by atoms with van der Waals surface area (Å²) in [7, 11) is 0. The molecule has 7 heteroatoms. The fourth-order valence-electron chi connectivity index (χ4n) is 2.78. The Morgan fingerprint density at radius 1 is 1.38 bits per heavy atom. The van der Waals surface area contributed by atoms with Gasteiger partial charge in [0, 0.05) is 24.4 Å². The lowest BCUT2D eigenvalue weighted by atomic mass is 10.0. The lowest BCUT2D eigenvalue weighted by Gasteiger charge is -2.17. The van der Waals surface area contributed by atoms with Crippen molar-refractivity contribution < 1.29 is 19.1 Å². The first-order valence-corrected chi connectivity index (χ1v) is 8.40. The van der Waals surface area contributed by atoms with Crippen LogP contribution in [-0.2, 0) is 25.5 Å². The van der Waals surface area contributed by atoms with Gasteiger partial charge in [0.15, 0.2) is 12.4 Å². The molecule has 7 nitrogen and oxygen atoms in total. The minimum absolute atomic E-state index is 0.0217. The molecule has 2 rings (SSSR count). The number of nitrogens with zero attached hydrogens (tertiary/aromatic N) is 2. The first kappa shape index (κ1) is 19.3. The van der Waals surface area contributed by atoms with E-state index in [1.807, 2.05) is 31.2 Å². The van der Waals surface area contributed by atoms with Crippen molar-refractivity contribution in [1.82, 2.24) is 0 Å². The van der Waals surface area contributed by atoms with Crippen LogP contribution in [0.15, 0.2) is 24.3 Å². The number of ketones is 1. The number of hydrogen-bond donors (Lipinski definition) is 1. The third-order valence-electron chi connectivity index (χ3n) is 4.36. The molecule has 0 bridgehead atoms. The summed E-state index contributed by atoms with van der Waals surface area (Å²) in [6.45, 7) is 3.02. The molecule has 26 heavy (non-hydrogen) atoms. The van der Waals surface area contributed by atoms with Gasteiger partial charge in [-0.05, 0) is 31.0 Å². The van der Waals surface area contributed by atoms with E-state index in [4.69, 9.17) is 15.4 Å². The SMILES string of the molecule is CCc1ccc(N2C[C@@H](C(=O)OCC(=O)[C@@H](C#N)C(C)=N)CC2=O)cc1. The summed E-state index contributed by atoms with van der Waals surface area (Å²) in [6, 6.07) is 9.28. The summed E-state index contributed by atoms with van der Waals surface area (Å²) in [5, 5.41) is 16.2. The summed E-state index contributed by atoms with van der Waals surface area (Å²) in [6.07, 6.45) is 0.921. The van der Waals surface area contributed by atoms with Crippen molar-refractivity contribution >= 4 is 29.1 Å². The zero-order valence-electron chi connectivity index (χ0n) is 14.8. The molecule has 1 aliphatic heterocycles. The first-order valence-electron chi connectivity index (χ1n) is 8.40. The van der Waals surface area contributed by atoms with Crippen LogP contribution < -0.4 is 4.90 Å². The number of aryl methyl sites for hydroxylation is 1. The van der Waals surface area contributed by atoms with E-state index in [0.29, 0.717) is 0 Å². The van der Waals surface area contributed by atoms with Crippen LogP contribution in [0, 0.1) is 28.6 Å². The zero-order valence-corrected chi connectivity index (χ0v) is 14.8. The van der Waals surface area contributed by atoms with Gasteiger partial charge >= 0.3 is 5.97 Å². The van der Waals surface area contributed by atoms with Gasteiger partial charge in [0.25, 0.3) is 0 Å². The van der Waals surface area contributed by atoms with Crippen molar-refractivity contribution in [3.63, 3.8) is 0 Å². The van der Waals surface area contributed by atoms with Gasteiger partial charge in [0.2, 0.25) is 5.91 Å². The number of ether oxygens (including phenoxy) is 1. The van der Waals surface area contributed by atoms with Crippen molar-refractivity contribution in [2.75, 3.05) is 18.1 Å². The maximum atomic E-state index is 12.2. The number of nitriles is 1. The normalized spacial score (nSPS) is 17.5. The maximum Gasteiger partial charge on any atom is 0.311 e. The summed E-state index contributed by atoms with van der Waals surface area (Å²) >= 11 is 0. The standard InChI is InChI=1S/C19H21N3O4/c1-3-13-4-6-15(7-5-13)22-10-14(8-18(22)24)19(25)26-11-17(23)16(9-20)12(2)21/h4-7,14,16,21H,3,8,10-11H2,1-2H3/t14-,16-/m0/s1. The van der Waals surface area contributed by atoms with Gasteiger partial charge < -0.3 is 15.0 Å². The number of carbonyl (C=O) groups excluding carboxylic acids is 3. The van der Waals surface area contributed by atoms with Crippen molar-refractivity contribution in [3.8, 4) is 6.07 Å². The summed E-state index contributed by atoms with van der Waals surface area (Å²) in [5.41, 5.74) is 1.79. The van der Waals surface area contributed by atoms with Crippen molar-refractivity contribution in [2.24, 2.45) is 11.8 Å². The fraction of sp³-hybridized carbons (Fsp3) is 0.421. The molecule has 1 aliphatic rings. The molecule has 1 aromatic carbocycles. The minimum atomic E-state index is -1.21. The molecule has 1 saturated heterocycles. The Kier molecular flexibility index (Phi) is 6.23. The van der Waals surface area contributed by atoms with E-state index in [9.17, 15) is 14.4 Å². The fourth-order valence-corrected chi connectivity index (χ4v) is 2.78. The predicted molar refractivity (Wildman–Crippen MR) is 94.7 cm³/mol. The average molecular weight is 355 g/mol. The molecule has 0 spiro atoms. The Morgan fingerprint density at radius 3 is 2.58 bits per heavy atom. The van der Waals surface area contributed by atoms with Gasteiger partial charge in [0.1, 0.15) is 5.92 Å². The van der Waals surface area contributed by atoms with Crippen molar-refractivity contribution in [1.29, 1.82) is 10.7 Å². The third-order valence-corrected chi connectivity index (χ3v) is 4.36. The molecule has 0 aliphatic carbocycles. The van der Waals surface area contributed by atoms with Crippen LogP contribution in [0.2, 0.25) is 0 Å². The number of rotatable bonds is 7. The number of amides is 1. The van der Waals surface area contributed by atoms with Gasteiger partial charge in [-0.15, -0.1) is 0 Å². The van der Waals surface area contributed by atoms with Crippen molar-refractivity contribution in [3.05, 3.63) is 29.8 Å². The number of hydrogen-bond acceptors (Lipinski definition) is 6. The molecule has 0 radical (unpaired) electrons. The molecule has 0 saturated carbocycles. The molecule has 1 heterocycles. The highest BCUT2D eigenvalue weighted by atomic mass is 16.5. The Labute approximate surface area is 152 Å².